The van der Waals surface area contributed by atoms with Gasteiger partial charge in [0.15, 0.2) is 5.78 Å². The maximum absolute atomic E-state index is 12.5. The molecule has 0 spiro atoms. The van der Waals surface area contributed by atoms with Crippen LogP contribution in [0.1, 0.15) is 59.3 Å². The molecule has 0 radical (unpaired) electrons. The molecule has 1 saturated heterocycles. The highest BCUT2D eigenvalue weighted by atomic mass is 16.6. The Labute approximate surface area is 139 Å². The minimum atomic E-state index is -0.196. The van der Waals surface area contributed by atoms with E-state index in [2.05, 4.69) is 26.5 Å². The molecule has 3 heteroatoms. The van der Waals surface area contributed by atoms with Crippen molar-refractivity contribution >= 4 is 12.1 Å². The van der Waals surface area contributed by atoms with Crippen LogP contribution >= 0.6 is 0 Å². The summed E-state index contributed by atoms with van der Waals surface area (Å²) < 4.78 is 5.82. The van der Waals surface area contributed by atoms with Gasteiger partial charge in [0.1, 0.15) is 6.29 Å². The van der Waals surface area contributed by atoms with Crippen LogP contribution in [0.15, 0.2) is 35.5 Å². The van der Waals surface area contributed by atoms with Crippen molar-refractivity contribution in [2.24, 2.45) is 5.92 Å². The summed E-state index contributed by atoms with van der Waals surface area (Å²) in [6.07, 6.45) is 9.86. The Morgan fingerprint density at radius 1 is 1.39 bits per heavy atom. The fraction of sp³-hybridized carbons (Fsp3) is 0.600. The summed E-state index contributed by atoms with van der Waals surface area (Å²) in [5.41, 5.74) is 2.69. The molecule has 0 aromatic rings. The van der Waals surface area contributed by atoms with E-state index in [1.54, 1.807) is 0 Å². The highest BCUT2D eigenvalue weighted by Gasteiger charge is 2.50. The van der Waals surface area contributed by atoms with Crippen molar-refractivity contribution in [1.82, 2.24) is 0 Å². The molecule has 0 saturated carbocycles. The average molecular weight is 316 g/mol. The SMILES string of the molecule is C=C(C)[C@H]1CC/C(C)=C/CC[C@@]2(C)O[C@@H]2CC/C(C=O)=C\C1=O. The van der Waals surface area contributed by atoms with Crippen LogP contribution in [0.2, 0.25) is 0 Å². The van der Waals surface area contributed by atoms with E-state index in [1.165, 1.54) is 11.6 Å². The van der Waals surface area contributed by atoms with E-state index in [0.717, 1.165) is 44.0 Å². The Morgan fingerprint density at radius 2 is 2.13 bits per heavy atom. The zero-order valence-electron chi connectivity index (χ0n) is 14.6. The zero-order chi connectivity index (χ0) is 17.0. The lowest BCUT2D eigenvalue weighted by molar-refractivity contribution is -0.117. The summed E-state index contributed by atoms with van der Waals surface area (Å²) in [5.74, 6) is -0.192. The standard InChI is InChI=1S/C20H28O3/c1-14(2)17-9-7-15(3)6-5-11-20(4)19(23-20)10-8-16(13-21)12-18(17)22/h6,12-13,17,19H,1,5,7-11H2,2-4H3/b15-6+,16-12+/t17-,19-,20-/m1/s1. The van der Waals surface area contributed by atoms with Gasteiger partial charge in [0, 0.05) is 5.92 Å². The summed E-state index contributed by atoms with van der Waals surface area (Å²) in [5, 5.41) is 0. The predicted octanol–water partition coefficient (Wildman–Crippen LogP) is 4.33. The number of aldehydes is 1. The molecule has 0 unspecified atom stereocenters. The third kappa shape index (κ3) is 4.74. The molecule has 126 valence electrons. The Balaban J connectivity index is 2.18. The molecule has 0 aromatic heterocycles. The number of hydrogen-bond donors (Lipinski definition) is 0. The van der Waals surface area contributed by atoms with Gasteiger partial charge in [-0.2, -0.15) is 0 Å². The smallest absolute Gasteiger partial charge is 0.163 e. The second kappa shape index (κ2) is 7.39. The number of carbonyl (C=O) groups excluding carboxylic acids is 2. The van der Waals surface area contributed by atoms with E-state index < -0.39 is 0 Å². The van der Waals surface area contributed by atoms with Gasteiger partial charge in [-0.25, -0.2) is 0 Å². The highest BCUT2D eigenvalue weighted by molar-refractivity contribution is 5.97. The van der Waals surface area contributed by atoms with Gasteiger partial charge >= 0.3 is 0 Å². The van der Waals surface area contributed by atoms with Gasteiger partial charge in [-0.05, 0) is 70.9 Å². The number of epoxide rings is 1. The van der Waals surface area contributed by atoms with E-state index in [4.69, 9.17) is 4.74 Å². The van der Waals surface area contributed by atoms with Crippen LogP contribution in [0.4, 0.5) is 0 Å². The summed E-state index contributed by atoms with van der Waals surface area (Å²) in [6.45, 7) is 10.1. The molecule has 0 N–H and O–H groups in total. The molecule has 3 nitrogen and oxygen atoms in total. The van der Waals surface area contributed by atoms with Gasteiger partial charge in [-0.3, -0.25) is 9.59 Å². The molecule has 1 fully saturated rings. The van der Waals surface area contributed by atoms with Crippen LogP contribution in [0.25, 0.3) is 0 Å². The molecular weight excluding hydrogens is 288 g/mol. The number of allylic oxidation sites excluding steroid dienone is 5. The van der Waals surface area contributed by atoms with Crippen molar-refractivity contribution in [1.29, 1.82) is 0 Å². The van der Waals surface area contributed by atoms with Crippen LogP contribution in [-0.4, -0.2) is 23.8 Å². The molecule has 0 bridgehead atoms. The summed E-state index contributed by atoms with van der Waals surface area (Å²) in [6, 6.07) is 0. The van der Waals surface area contributed by atoms with E-state index in [0.29, 0.717) is 12.0 Å². The van der Waals surface area contributed by atoms with Crippen molar-refractivity contribution in [3.05, 3.63) is 35.5 Å². The third-order valence-corrected chi connectivity index (χ3v) is 5.11. The monoisotopic (exact) mass is 316 g/mol. The van der Waals surface area contributed by atoms with Gasteiger partial charge in [0.05, 0.1) is 11.7 Å². The van der Waals surface area contributed by atoms with Gasteiger partial charge in [-0.1, -0.05) is 23.8 Å². The first-order chi connectivity index (χ1) is 10.9. The van der Waals surface area contributed by atoms with E-state index in [-0.39, 0.29) is 23.4 Å². The highest BCUT2D eigenvalue weighted by Crippen LogP contribution is 2.43. The fourth-order valence-corrected chi connectivity index (χ4v) is 3.33. The number of fused-ring (bicyclic) bond motifs is 1. The Hall–Kier alpha value is -1.48. The zero-order valence-corrected chi connectivity index (χ0v) is 14.6. The second-order valence-electron chi connectivity index (χ2n) is 7.22. The number of ether oxygens (including phenoxy) is 1. The summed E-state index contributed by atoms with van der Waals surface area (Å²) in [7, 11) is 0. The lowest BCUT2D eigenvalue weighted by Crippen LogP contribution is -2.15. The second-order valence-corrected chi connectivity index (χ2v) is 7.22. The molecule has 2 aliphatic rings. The number of rotatable bonds is 2. The minimum absolute atomic E-state index is 0.00364. The van der Waals surface area contributed by atoms with E-state index >= 15 is 0 Å². The lowest BCUT2D eigenvalue weighted by atomic mass is 9.88. The fourth-order valence-electron chi connectivity index (χ4n) is 3.33. The van der Waals surface area contributed by atoms with Crippen LogP contribution < -0.4 is 0 Å². The topological polar surface area (TPSA) is 46.7 Å². The molecule has 23 heavy (non-hydrogen) atoms. The lowest BCUT2D eigenvalue weighted by Gasteiger charge is -2.15. The third-order valence-electron chi connectivity index (χ3n) is 5.11. The van der Waals surface area contributed by atoms with Crippen LogP contribution in [0, 0.1) is 5.92 Å². The Morgan fingerprint density at radius 3 is 2.78 bits per heavy atom. The van der Waals surface area contributed by atoms with Crippen LogP contribution in [0.5, 0.6) is 0 Å². The van der Waals surface area contributed by atoms with E-state index in [1.807, 2.05) is 6.92 Å². The average Bonchev–Trinajstić information content (AvgIpc) is 3.13. The van der Waals surface area contributed by atoms with Gasteiger partial charge in [0.2, 0.25) is 0 Å². The maximum atomic E-state index is 12.5. The first kappa shape index (κ1) is 17.9. The molecular formula is C20H28O3. The van der Waals surface area contributed by atoms with Crippen molar-refractivity contribution in [2.75, 3.05) is 0 Å². The van der Waals surface area contributed by atoms with Crippen molar-refractivity contribution < 1.29 is 14.3 Å². The molecule has 0 aromatic carbocycles. The number of hydrogen-bond acceptors (Lipinski definition) is 3. The largest absolute Gasteiger partial charge is 0.366 e. The van der Waals surface area contributed by atoms with Crippen molar-refractivity contribution in [2.45, 2.75) is 71.0 Å². The van der Waals surface area contributed by atoms with Gasteiger partial charge in [0.25, 0.3) is 0 Å². The van der Waals surface area contributed by atoms with Crippen molar-refractivity contribution in [3.63, 3.8) is 0 Å². The van der Waals surface area contributed by atoms with Gasteiger partial charge in [-0.15, -0.1) is 0 Å². The molecule has 2 rings (SSSR count). The van der Waals surface area contributed by atoms with Gasteiger partial charge < -0.3 is 4.74 Å². The summed E-state index contributed by atoms with van der Waals surface area (Å²) in [4.78, 5) is 23.8. The predicted molar refractivity (Wildman–Crippen MR) is 92.2 cm³/mol. The minimum Gasteiger partial charge on any atom is -0.366 e. The maximum Gasteiger partial charge on any atom is 0.163 e. The summed E-state index contributed by atoms with van der Waals surface area (Å²) >= 11 is 0. The molecule has 1 heterocycles. The molecule has 1 aliphatic heterocycles. The Kier molecular flexibility index (Phi) is 5.74. The molecule has 0 amide bonds. The van der Waals surface area contributed by atoms with Crippen molar-refractivity contribution in [3.8, 4) is 0 Å². The Bertz CT molecular complexity index is 555. The first-order valence-electron chi connectivity index (χ1n) is 8.54. The number of carbonyl (C=O) groups is 2. The normalized spacial score (nSPS) is 37.4. The first-order valence-corrected chi connectivity index (χ1v) is 8.54. The van der Waals surface area contributed by atoms with Crippen LogP contribution in [0.3, 0.4) is 0 Å². The number of ketones is 1. The molecule has 3 atom stereocenters. The quantitative estimate of drug-likeness (QED) is 0.433. The molecule has 1 aliphatic carbocycles. The van der Waals surface area contributed by atoms with Crippen LogP contribution in [-0.2, 0) is 14.3 Å². The van der Waals surface area contributed by atoms with E-state index in [9.17, 15) is 9.59 Å².